The van der Waals surface area contributed by atoms with Gasteiger partial charge in [0.05, 0.1) is 6.26 Å². The third kappa shape index (κ3) is 2.97. The van der Waals surface area contributed by atoms with Gasteiger partial charge in [0, 0.05) is 18.5 Å². The van der Waals surface area contributed by atoms with Gasteiger partial charge in [0.2, 0.25) is 0 Å². The van der Waals surface area contributed by atoms with Crippen LogP contribution < -0.4 is 10.6 Å². The number of fused-ring (bicyclic) bond motifs is 1. The molecule has 2 N–H and O–H groups in total. The summed E-state index contributed by atoms with van der Waals surface area (Å²) < 4.78 is 5.48. The summed E-state index contributed by atoms with van der Waals surface area (Å²) in [5, 5.41) is 8.12. The third-order valence-corrected chi connectivity index (χ3v) is 2.87. The molecule has 0 atom stereocenters. The van der Waals surface area contributed by atoms with Crippen molar-refractivity contribution in [2.45, 2.75) is 13.3 Å². The smallest absolute Gasteiger partial charge is 0.166 e. The largest absolute Gasteiger partial charge is 0.464 e. The lowest BCUT2D eigenvalue weighted by atomic mass is 10.1. The zero-order chi connectivity index (χ0) is 12.1. The van der Waals surface area contributed by atoms with E-state index in [1.54, 1.807) is 0 Å². The summed E-state index contributed by atoms with van der Waals surface area (Å²) in [4.78, 5) is 0. The molecule has 0 saturated carbocycles. The van der Waals surface area contributed by atoms with Crippen LogP contribution in [-0.4, -0.2) is 18.2 Å². The molecule has 0 aliphatic rings. The quantitative estimate of drug-likeness (QED) is 0.815. The van der Waals surface area contributed by atoms with Crippen LogP contribution in [0.25, 0.3) is 11.0 Å². The van der Waals surface area contributed by atoms with Crippen molar-refractivity contribution >= 4 is 28.3 Å². The summed E-state index contributed by atoms with van der Waals surface area (Å²) in [6, 6.07) is 8.07. The molecule has 0 saturated heterocycles. The van der Waals surface area contributed by atoms with E-state index in [9.17, 15) is 0 Å². The Morgan fingerprint density at radius 3 is 2.94 bits per heavy atom. The molecule has 0 unspecified atom stereocenters. The normalized spacial score (nSPS) is 10.4. The first-order valence-electron chi connectivity index (χ1n) is 5.78. The number of para-hydroxylation sites is 1. The number of thiocarbonyl (C=S) groups is 1. The first kappa shape index (κ1) is 11.9. The number of hydrogen-bond acceptors (Lipinski definition) is 2. The minimum Gasteiger partial charge on any atom is -0.464 e. The van der Waals surface area contributed by atoms with Crippen molar-refractivity contribution in [3.63, 3.8) is 0 Å². The molecular formula is C13H16N2OS. The van der Waals surface area contributed by atoms with Crippen LogP contribution >= 0.6 is 12.2 Å². The highest BCUT2D eigenvalue weighted by Gasteiger charge is 2.04. The van der Waals surface area contributed by atoms with Gasteiger partial charge in [0.25, 0.3) is 0 Å². The van der Waals surface area contributed by atoms with Gasteiger partial charge in [-0.05, 0) is 37.2 Å². The monoisotopic (exact) mass is 248 g/mol. The van der Waals surface area contributed by atoms with Crippen molar-refractivity contribution in [2.75, 3.05) is 13.1 Å². The maximum absolute atomic E-state index is 5.48. The Balaban J connectivity index is 1.93. The van der Waals surface area contributed by atoms with E-state index in [0.717, 1.165) is 25.1 Å². The minimum atomic E-state index is 0.709. The van der Waals surface area contributed by atoms with E-state index in [2.05, 4.69) is 16.7 Å². The number of hydrogen-bond donors (Lipinski definition) is 2. The third-order valence-electron chi connectivity index (χ3n) is 2.58. The molecule has 0 radical (unpaired) electrons. The molecule has 0 fully saturated rings. The number of furan rings is 1. The predicted octanol–water partition coefficient (Wildman–Crippen LogP) is 2.46. The summed E-state index contributed by atoms with van der Waals surface area (Å²) in [7, 11) is 0. The Bertz CT molecular complexity index is 507. The molecule has 3 nitrogen and oxygen atoms in total. The lowest BCUT2D eigenvalue weighted by Gasteiger charge is -2.07. The van der Waals surface area contributed by atoms with E-state index in [1.807, 2.05) is 31.4 Å². The first-order valence-corrected chi connectivity index (χ1v) is 6.19. The van der Waals surface area contributed by atoms with Crippen LogP contribution in [0, 0.1) is 0 Å². The number of nitrogens with one attached hydrogen (secondary N) is 2. The van der Waals surface area contributed by atoms with E-state index >= 15 is 0 Å². The molecule has 0 spiro atoms. The summed E-state index contributed by atoms with van der Waals surface area (Å²) in [6.07, 6.45) is 2.73. The van der Waals surface area contributed by atoms with Gasteiger partial charge in [-0.3, -0.25) is 0 Å². The molecule has 2 aromatic rings. The minimum absolute atomic E-state index is 0.709. The van der Waals surface area contributed by atoms with E-state index < -0.39 is 0 Å². The van der Waals surface area contributed by atoms with Crippen molar-refractivity contribution in [3.05, 3.63) is 36.1 Å². The SMILES string of the molecule is CCNC(=S)NCCc1coc2ccccc12. The number of rotatable bonds is 4. The predicted molar refractivity (Wildman–Crippen MR) is 74.2 cm³/mol. The van der Waals surface area contributed by atoms with Crippen molar-refractivity contribution in [1.82, 2.24) is 10.6 Å². The molecule has 1 aromatic carbocycles. The molecule has 1 heterocycles. The standard InChI is InChI=1S/C13H16N2OS/c1-2-14-13(17)15-8-7-10-9-16-12-6-4-3-5-11(10)12/h3-6,9H,2,7-8H2,1H3,(H2,14,15,17). The summed E-state index contributed by atoms with van der Waals surface area (Å²) >= 11 is 5.10. The second kappa shape index (κ2) is 5.68. The van der Waals surface area contributed by atoms with Crippen LogP contribution in [0.15, 0.2) is 34.9 Å². The second-order valence-corrected chi connectivity index (χ2v) is 4.20. The van der Waals surface area contributed by atoms with Gasteiger partial charge in [0.15, 0.2) is 5.11 Å². The Labute approximate surface area is 106 Å². The molecule has 90 valence electrons. The Morgan fingerprint density at radius 2 is 2.12 bits per heavy atom. The molecule has 2 rings (SSSR count). The zero-order valence-corrected chi connectivity index (χ0v) is 10.6. The van der Waals surface area contributed by atoms with Crippen LogP contribution in [-0.2, 0) is 6.42 Å². The highest BCUT2D eigenvalue weighted by atomic mass is 32.1. The van der Waals surface area contributed by atoms with Gasteiger partial charge < -0.3 is 15.1 Å². The van der Waals surface area contributed by atoms with Crippen molar-refractivity contribution in [3.8, 4) is 0 Å². The van der Waals surface area contributed by atoms with Gasteiger partial charge in [-0.1, -0.05) is 18.2 Å². The molecule has 0 aliphatic heterocycles. The Morgan fingerprint density at radius 1 is 1.29 bits per heavy atom. The molecule has 0 amide bonds. The highest BCUT2D eigenvalue weighted by molar-refractivity contribution is 7.80. The van der Waals surface area contributed by atoms with Gasteiger partial charge in [-0.25, -0.2) is 0 Å². The van der Waals surface area contributed by atoms with E-state index in [1.165, 1.54) is 10.9 Å². The lowest BCUT2D eigenvalue weighted by Crippen LogP contribution is -2.36. The fourth-order valence-corrected chi connectivity index (χ4v) is 2.01. The van der Waals surface area contributed by atoms with Crippen LogP contribution in [0.2, 0.25) is 0 Å². The average molecular weight is 248 g/mol. The summed E-state index contributed by atoms with van der Waals surface area (Å²) in [5.74, 6) is 0. The maximum atomic E-state index is 5.48. The molecule has 1 aromatic heterocycles. The van der Waals surface area contributed by atoms with E-state index in [4.69, 9.17) is 16.6 Å². The van der Waals surface area contributed by atoms with Crippen molar-refractivity contribution in [2.24, 2.45) is 0 Å². The molecular weight excluding hydrogens is 232 g/mol. The summed E-state index contributed by atoms with van der Waals surface area (Å²) in [5.41, 5.74) is 2.16. The van der Waals surface area contributed by atoms with E-state index in [-0.39, 0.29) is 0 Å². The summed E-state index contributed by atoms with van der Waals surface area (Å²) in [6.45, 7) is 3.69. The van der Waals surface area contributed by atoms with Gasteiger partial charge in [-0.15, -0.1) is 0 Å². The average Bonchev–Trinajstić information content (AvgIpc) is 2.73. The highest BCUT2D eigenvalue weighted by Crippen LogP contribution is 2.20. The van der Waals surface area contributed by atoms with E-state index in [0.29, 0.717) is 5.11 Å². The fourth-order valence-electron chi connectivity index (χ4n) is 1.76. The Hall–Kier alpha value is -1.55. The van der Waals surface area contributed by atoms with Gasteiger partial charge in [0.1, 0.15) is 5.58 Å². The van der Waals surface area contributed by atoms with Crippen LogP contribution in [0.5, 0.6) is 0 Å². The second-order valence-electron chi connectivity index (χ2n) is 3.79. The Kier molecular flexibility index (Phi) is 3.98. The van der Waals surface area contributed by atoms with Gasteiger partial charge >= 0.3 is 0 Å². The van der Waals surface area contributed by atoms with Crippen LogP contribution in [0.3, 0.4) is 0 Å². The zero-order valence-electron chi connectivity index (χ0n) is 9.82. The lowest BCUT2D eigenvalue weighted by molar-refractivity contribution is 0.609. The van der Waals surface area contributed by atoms with Gasteiger partial charge in [-0.2, -0.15) is 0 Å². The fraction of sp³-hybridized carbons (Fsp3) is 0.308. The molecule has 0 bridgehead atoms. The molecule has 0 aliphatic carbocycles. The topological polar surface area (TPSA) is 37.2 Å². The number of benzene rings is 1. The van der Waals surface area contributed by atoms with Crippen molar-refractivity contribution < 1.29 is 4.42 Å². The first-order chi connectivity index (χ1) is 8.31. The molecule has 4 heteroatoms. The maximum Gasteiger partial charge on any atom is 0.166 e. The molecule has 17 heavy (non-hydrogen) atoms. The van der Waals surface area contributed by atoms with Crippen LogP contribution in [0.1, 0.15) is 12.5 Å². The van der Waals surface area contributed by atoms with Crippen molar-refractivity contribution in [1.29, 1.82) is 0 Å². The van der Waals surface area contributed by atoms with Crippen LogP contribution in [0.4, 0.5) is 0 Å².